The summed E-state index contributed by atoms with van der Waals surface area (Å²) in [6.45, 7) is 8.22. The van der Waals surface area contributed by atoms with Gasteiger partial charge in [0.15, 0.2) is 0 Å². The summed E-state index contributed by atoms with van der Waals surface area (Å²) in [6.07, 6.45) is 7.32. The zero-order valence-electron chi connectivity index (χ0n) is 11.4. The Morgan fingerprint density at radius 2 is 2.05 bits per heavy atom. The molecule has 19 heavy (non-hydrogen) atoms. The quantitative estimate of drug-likeness (QED) is 0.571. The van der Waals surface area contributed by atoms with Gasteiger partial charge in [0.05, 0.1) is 5.38 Å². The Labute approximate surface area is 119 Å². The molecule has 0 saturated carbocycles. The highest BCUT2D eigenvalue weighted by Crippen LogP contribution is 2.43. The van der Waals surface area contributed by atoms with Gasteiger partial charge < -0.3 is 10.2 Å². The average molecular weight is 281 g/mol. The van der Waals surface area contributed by atoms with Crippen LogP contribution in [0.2, 0.25) is 0 Å². The molecule has 0 amide bonds. The molecule has 0 heterocycles. The first-order valence-electron chi connectivity index (χ1n) is 6.68. The van der Waals surface area contributed by atoms with Crippen LogP contribution in [0.25, 0.3) is 0 Å². The van der Waals surface area contributed by atoms with Crippen molar-refractivity contribution >= 4 is 11.6 Å². The van der Waals surface area contributed by atoms with E-state index in [0.29, 0.717) is 5.92 Å². The van der Waals surface area contributed by atoms with Crippen LogP contribution in [0.1, 0.15) is 26.7 Å². The van der Waals surface area contributed by atoms with Crippen LogP contribution in [-0.2, 0) is 0 Å². The predicted octanol–water partition coefficient (Wildman–Crippen LogP) is 4.66. The van der Waals surface area contributed by atoms with E-state index in [9.17, 15) is 10.2 Å². The number of halogens is 1. The molecule has 0 aromatic rings. The molecule has 0 aromatic heterocycles. The van der Waals surface area contributed by atoms with Crippen molar-refractivity contribution in [2.75, 3.05) is 0 Å². The molecule has 0 aliphatic heterocycles. The molecule has 4 atom stereocenters. The molecule has 2 nitrogen and oxygen atoms in total. The number of hydrogen-bond acceptors (Lipinski definition) is 2. The highest BCUT2D eigenvalue weighted by atomic mass is 35.5. The summed E-state index contributed by atoms with van der Waals surface area (Å²) in [5.41, 5.74) is 2.46. The normalized spacial score (nSPS) is 35.2. The van der Waals surface area contributed by atoms with Crippen molar-refractivity contribution in [1.29, 1.82) is 0 Å². The van der Waals surface area contributed by atoms with Crippen LogP contribution >= 0.6 is 11.6 Å². The molecular formula is C16H21ClO2. The van der Waals surface area contributed by atoms with Gasteiger partial charge in [-0.1, -0.05) is 23.8 Å². The van der Waals surface area contributed by atoms with Crippen molar-refractivity contribution in [3.63, 3.8) is 0 Å². The summed E-state index contributed by atoms with van der Waals surface area (Å²) in [5, 5.41) is 19.3. The summed E-state index contributed by atoms with van der Waals surface area (Å²) >= 11 is 6.33. The number of hydrogen-bond donors (Lipinski definition) is 2. The van der Waals surface area contributed by atoms with Gasteiger partial charge in [0.2, 0.25) is 0 Å². The van der Waals surface area contributed by atoms with Crippen molar-refractivity contribution in [3.05, 3.63) is 47.5 Å². The topological polar surface area (TPSA) is 40.5 Å². The van der Waals surface area contributed by atoms with E-state index in [0.717, 1.165) is 18.4 Å². The summed E-state index contributed by atoms with van der Waals surface area (Å²) in [7, 11) is 0. The minimum Gasteiger partial charge on any atom is -0.512 e. The second kappa shape index (κ2) is 5.46. The van der Waals surface area contributed by atoms with Gasteiger partial charge >= 0.3 is 0 Å². The number of alkyl halides is 1. The maximum atomic E-state index is 10.2. The van der Waals surface area contributed by atoms with Crippen molar-refractivity contribution in [1.82, 2.24) is 0 Å². The van der Waals surface area contributed by atoms with Crippen LogP contribution in [0.15, 0.2) is 47.5 Å². The maximum absolute atomic E-state index is 10.2. The molecule has 2 aliphatic rings. The lowest BCUT2D eigenvalue weighted by Gasteiger charge is -2.38. The van der Waals surface area contributed by atoms with Gasteiger partial charge in [0.1, 0.15) is 11.5 Å². The van der Waals surface area contributed by atoms with Crippen molar-refractivity contribution in [2.24, 2.45) is 17.8 Å². The standard InChI is InChI=1S/C16H21ClO2/c1-9(2)12-5-4-10(3)6-13(12)16-14(17)7-11(18)8-15(16)19/h6-8,12-14,16,18-19H,1,4-5H2,2-3H3/t12-,13+,14?,16?/m0/s1. The van der Waals surface area contributed by atoms with Crippen LogP contribution in [0, 0.1) is 17.8 Å². The summed E-state index contributed by atoms with van der Waals surface area (Å²) < 4.78 is 0. The summed E-state index contributed by atoms with van der Waals surface area (Å²) in [4.78, 5) is 0. The minimum atomic E-state index is -0.390. The van der Waals surface area contributed by atoms with E-state index in [1.165, 1.54) is 11.6 Å². The Morgan fingerprint density at radius 1 is 1.37 bits per heavy atom. The second-order valence-electron chi connectivity index (χ2n) is 5.71. The molecule has 0 fully saturated rings. The second-order valence-corrected chi connectivity index (χ2v) is 6.22. The van der Waals surface area contributed by atoms with E-state index in [1.54, 1.807) is 6.08 Å². The van der Waals surface area contributed by atoms with Gasteiger partial charge in [-0.05, 0) is 44.6 Å². The zero-order chi connectivity index (χ0) is 14.2. The lowest BCUT2D eigenvalue weighted by molar-refractivity contribution is 0.231. The van der Waals surface area contributed by atoms with E-state index >= 15 is 0 Å². The lowest BCUT2D eigenvalue weighted by Crippen LogP contribution is -2.33. The van der Waals surface area contributed by atoms with E-state index < -0.39 is 0 Å². The number of aliphatic hydroxyl groups is 2. The van der Waals surface area contributed by atoms with Gasteiger partial charge in [-0.3, -0.25) is 0 Å². The monoisotopic (exact) mass is 280 g/mol. The van der Waals surface area contributed by atoms with Gasteiger partial charge in [-0.25, -0.2) is 0 Å². The first kappa shape index (κ1) is 14.3. The number of aliphatic hydroxyl groups excluding tert-OH is 2. The Bertz CT molecular complexity index is 473. The van der Waals surface area contributed by atoms with Crippen LogP contribution in [-0.4, -0.2) is 15.6 Å². The maximum Gasteiger partial charge on any atom is 0.116 e. The van der Waals surface area contributed by atoms with Crippen LogP contribution < -0.4 is 0 Å². The third-order valence-electron chi connectivity index (χ3n) is 4.15. The first-order chi connectivity index (χ1) is 8.90. The molecule has 2 unspecified atom stereocenters. The molecule has 104 valence electrons. The van der Waals surface area contributed by atoms with Gasteiger partial charge in [-0.2, -0.15) is 0 Å². The van der Waals surface area contributed by atoms with Crippen LogP contribution in [0.4, 0.5) is 0 Å². The van der Waals surface area contributed by atoms with Gasteiger partial charge in [0.25, 0.3) is 0 Å². The van der Waals surface area contributed by atoms with Gasteiger partial charge in [0, 0.05) is 12.0 Å². The van der Waals surface area contributed by atoms with E-state index in [-0.39, 0.29) is 28.7 Å². The molecular weight excluding hydrogens is 260 g/mol. The molecule has 3 heteroatoms. The minimum absolute atomic E-state index is 0.0390. The molecule has 2 aliphatic carbocycles. The SMILES string of the molecule is C=C(C)[C@@H]1CCC(C)=C[C@H]1C1C(O)=CC(O)=CC1Cl. The van der Waals surface area contributed by atoms with Crippen molar-refractivity contribution < 1.29 is 10.2 Å². The highest BCUT2D eigenvalue weighted by molar-refractivity contribution is 6.22. The first-order valence-corrected chi connectivity index (χ1v) is 7.12. The fourth-order valence-electron chi connectivity index (χ4n) is 3.17. The van der Waals surface area contributed by atoms with Gasteiger partial charge in [-0.15, -0.1) is 11.6 Å². The molecule has 2 rings (SSSR count). The van der Waals surface area contributed by atoms with Crippen molar-refractivity contribution in [2.45, 2.75) is 32.1 Å². The molecule has 0 aromatic carbocycles. The lowest BCUT2D eigenvalue weighted by atomic mass is 9.69. The predicted molar refractivity (Wildman–Crippen MR) is 79.3 cm³/mol. The molecule has 0 bridgehead atoms. The Kier molecular flexibility index (Phi) is 4.10. The molecule has 0 saturated heterocycles. The summed E-state index contributed by atoms with van der Waals surface area (Å²) in [5.74, 6) is 0.502. The van der Waals surface area contributed by atoms with Crippen molar-refractivity contribution in [3.8, 4) is 0 Å². The number of rotatable bonds is 2. The van der Waals surface area contributed by atoms with Crippen LogP contribution in [0.5, 0.6) is 0 Å². The Morgan fingerprint density at radius 3 is 2.63 bits per heavy atom. The third-order valence-corrected chi connectivity index (χ3v) is 4.55. The van der Waals surface area contributed by atoms with E-state index in [2.05, 4.69) is 19.6 Å². The molecule has 0 spiro atoms. The average Bonchev–Trinajstić information content (AvgIpc) is 2.27. The number of allylic oxidation sites excluding steroid dienone is 6. The molecule has 0 radical (unpaired) electrons. The largest absolute Gasteiger partial charge is 0.512 e. The third kappa shape index (κ3) is 2.89. The Hall–Kier alpha value is -1.15. The summed E-state index contributed by atoms with van der Waals surface area (Å²) in [6, 6.07) is 0. The Balaban J connectivity index is 2.35. The fourth-order valence-corrected chi connectivity index (χ4v) is 3.59. The molecule has 2 N–H and O–H groups in total. The van der Waals surface area contributed by atoms with E-state index in [4.69, 9.17) is 11.6 Å². The highest BCUT2D eigenvalue weighted by Gasteiger charge is 2.38. The van der Waals surface area contributed by atoms with E-state index in [1.807, 2.05) is 6.92 Å². The fraction of sp³-hybridized carbons (Fsp3) is 0.500. The zero-order valence-corrected chi connectivity index (χ0v) is 12.2. The van der Waals surface area contributed by atoms with Crippen LogP contribution in [0.3, 0.4) is 0 Å². The smallest absolute Gasteiger partial charge is 0.116 e.